The molecule has 2 aliphatic heterocycles. The van der Waals surface area contributed by atoms with E-state index in [1.807, 2.05) is 53.4 Å². The molecule has 0 radical (unpaired) electrons. The van der Waals surface area contributed by atoms with Gasteiger partial charge in [-0.05, 0) is 24.5 Å². The molecule has 1 spiro atoms. The SMILES string of the molecule is O=C(COCc1ccccc1)N1CCC2(CC1)CC(Oc1ccccn1)CCO2. The van der Waals surface area contributed by atoms with Crippen LogP contribution in [-0.4, -0.2) is 53.8 Å². The molecule has 0 saturated carbocycles. The van der Waals surface area contributed by atoms with Crippen LogP contribution < -0.4 is 4.74 Å². The van der Waals surface area contributed by atoms with Crippen LogP contribution in [0.3, 0.4) is 0 Å². The molecule has 1 aromatic heterocycles. The van der Waals surface area contributed by atoms with Gasteiger partial charge < -0.3 is 19.1 Å². The van der Waals surface area contributed by atoms with E-state index in [4.69, 9.17) is 14.2 Å². The van der Waals surface area contributed by atoms with Crippen molar-refractivity contribution in [3.05, 3.63) is 60.3 Å². The number of ether oxygens (including phenoxy) is 3. The third-order valence-electron chi connectivity index (χ3n) is 5.74. The minimum absolute atomic E-state index is 0.0490. The molecule has 2 saturated heterocycles. The summed E-state index contributed by atoms with van der Waals surface area (Å²) >= 11 is 0. The van der Waals surface area contributed by atoms with E-state index < -0.39 is 0 Å². The van der Waals surface area contributed by atoms with Crippen LogP contribution in [0.25, 0.3) is 0 Å². The topological polar surface area (TPSA) is 60.9 Å². The average molecular weight is 396 g/mol. The second kappa shape index (κ2) is 9.37. The predicted octanol–water partition coefficient (Wildman–Crippen LogP) is 3.22. The lowest BCUT2D eigenvalue weighted by atomic mass is 9.83. The first kappa shape index (κ1) is 19.9. The molecule has 0 N–H and O–H groups in total. The summed E-state index contributed by atoms with van der Waals surface area (Å²) in [5.41, 5.74) is 0.881. The van der Waals surface area contributed by atoms with E-state index in [0.717, 1.165) is 31.2 Å². The van der Waals surface area contributed by atoms with Gasteiger partial charge >= 0.3 is 0 Å². The zero-order chi connectivity index (χ0) is 19.9. The van der Waals surface area contributed by atoms with Crippen LogP contribution in [0, 0.1) is 0 Å². The molecule has 1 amide bonds. The zero-order valence-corrected chi connectivity index (χ0v) is 16.7. The third kappa shape index (κ3) is 5.34. The van der Waals surface area contributed by atoms with E-state index in [1.54, 1.807) is 6.20 Å². The Kier molecular flexibility index (Phi) is 6.42. The lowest BCUT2D eigenvalue weighted by molar-refractivity contribution is -0.154. The average Bonchev–Trinajstić information content (AvgIpc) is 2.76. The van der Waals surface area contributed by atoms with Crippen LogP contribution in [0.15, 0.2) is 54.7 Å². The summed E-state index contributed by atoms with van der Waals surface area (Å²) < 4.78 is 17.8. The fourth-order valence-electron chi connectivity index (χ4n) is 4.10. The minimum atomic E-state index is -0.195. The fourth-order valence-corrected chi connectivity index (χ4v) is 4.10. The second-order valence-corrected chi connectivity index (χ2v) is 7.79. The smallest absolute Gasteiger partial charge is 0.248 e. The van der Waals surface area contributed by atoms with E-state index in [1.165, 1.54) is 0 Å². The molecule has 2 aliphatic rings. The highest BCUT2D eigenvalue weighted by Gasteiger charge is 2.42. The summed E-state index contributed by atoms with van der Waals surface area (Å²) in [6, 6.07) is 15.6. The Labute approximate surface area is 171 Å². The Bertz CT molecular complexity index is 776. The number of pyridine rings is 1. The van der Waals surface area contributed by atoms with Crippen molar-refractivity contribution in [3.63, 3.8) is 0 Å². The van der Waals surface area contributed by atoms with E-state index in [0.29, 0.717) is 32.2 Å². The number of rotatable bonds is 6. The predicted molar refractivity (Wildman–Crippen MR) is 108 cm³/mol. The lowest BCUT2D eigenvalue weighted by Crippen LogP contribution is -2.53. The highest BCUT2D eigenvalue weighted by atomic mass is 16.5. The number of aromatic nitrogens is 1. The maximum atomic E-state index is 12.5. The summed E-state index contributed by atoms with van der Waals surface area (Å²) in [5.74, 6) is 0.714. The van der Waals surface area contributed by atoms with Gasteiger partial charge in [-0.3, -0.25) is 4.79 Å². The molecule has 0 bridgehead atoms. The standard InChI is InChI=1S/C23H28N2O4/c26-22(18-27-17-19-6-2-1-3-7-19)25-13-10-23(11-14-25)16-20(9-15-28-23)29-21-8-4-5-12-24-21/h1-8,12,20H,9-11,13-18H2. The van der Waals surface area contributed by atoms with Gasteiger partial charge in [-0.2, -0.15) is 0 Å². The summed E-state index contributed by atoms with van der Waals surface area (Å²) in [7, 11) is 0. The molecular weight excluding hydrogens is 368 g/mol. The van der Waals surface area contributed by atoms with Crippen molar-refractivity contribution in [2.75, 3.05) is 26.3 Å². The number of hydrogen-bond acceptors (Lipinski definition) is 5. The van der Waals surface area contributed by atoms with Crippen molar-refractivity contribution in [2.45, 2.75) is 44.0 Å². The zero-order valence-electron chi connectivity index (χ0n) is 16.7. The fraction of sp³-hybridized carbons (Fsp3) is 0.478. The van der Waals surface area contributed by atoms with Gasteiger partial charge in [-0.1, -0.05) is 36.4 Å². The maximum absolute atomic E-state index is 12.5. The molecule has 2 aromatic rings. The molecular formula is C23H28N2O4. The number of nitrogens with zero attached hydrogens (tertiary/aromatic N) is 2. The number of piperidine rings is 1. The number of benzene rings is 1. The van der Waals surface area contributed by atoms with Crippen molar-refractivity contribution >= 4 is 5.91 Å². The monoisotopic (exact) mass is 396 g/mol. The van der Waals surface area contributed by atoms with Crippen molar-refractivity contribution in [2.24, 2.45) is 0 Å². The van der Waals surface area contributed by atoms with E-state index >= 15 is 0 Å². The summed E-state index contributed by atoms with van der Waals surface area (Å²) in [4.78, 5) is 18.6. The Morgan fingerprint density at radius 3 is 2.69 bits per heavy atom. The third-order valence-corrected chi connectivity index (χ3v) is 5.74. The highest BCUT2D eigenvalue weighted by molar-refractivity contribution is 5.77. The number of hydrogen-bond donors (Lipinski definition) is 0. The summed E-state index contributed by atoms with van der Waals surface area (Å²) in [6.45, 7) is 2.66. The van der Waals surface area contributed by atoms with Gasteiger partial charge in [-0.25, -0.2) is 4.98 Å². The van der Waals surface area contributed by atoms with Crippen LogP contribution in [0.2, 0.25) is 0 Å². The molecule has 2 fully saturated rings. The van der Waals surface area contributed by atoms with Gasteiger partial charge in [0.1, 0.15) is 12.7 Å². The largest absolute Gasteiger partial charge is 0.474 e. The molecule has 29 heavy (non-hydrogen) atoms. The van der Waals surface area contributed by atoms with E-state index in [2.05, 4.69) is 4.98 Å². The van der Waals surface area contributed by atoms with Gasteiger partial charge in [0, 0.05) is 38.2 Å². The molecule has 1 aromatic carbocycles. The van der Waals surface area contributed by atoms with Gasteiger partial charge in [0.15, 0.2) is 0 Å². The van der Waals surface area contributed by atoms with Crippen LogP contribution in [0.1, 0.15) is 31.2 Å². The highest BCUT2D eigenvalue weighted by Crippen LogP contribution is 2.36. The molecule has 0 aliphatic carbocycles. The van der Waals surface area contributed by atoms with Crippen LogP contribution >= 0.6 is 0 Å². The van der Waals surface area contributed by atoms with Gasteiger partial charge in [0.25, 0.3) is 0 Å². The van der Waals surface area contributed by atoms with Gasteiger partial charge in [-0.15, -0.1) is 0 Å². The minimum Gasteiger partial charge on any atom is -0.474 e. The first-order valence-corrected chi connectivity index (χ1v) is 10.3. The van der Waals surface area contributed by atoms with Crippen molar-refractivity contribution in [3.8, 4) is 5.88 Å². The number of amides is 1. The first-order valence-electron chi connectivity index (χ1n) is 10.3. The molecule has 6 nitrogen and oxygen atoms in total. The molecule has 3 heterocycles. The van der Waals surface area contributed by atoms with Crippen molar-refractivity contribution < 1.29 is 19.0 Å². The lowest BCUT2D eigenvalue weighted by Gasteiger charge is -2.45. The number of carbonyl (C=O) groups is 1. The van der Waals surface area contributed by atoms with Crippen molar-refractivity contribution in [1.29, 1.82) is 0 Å². The normalized spacial score (nSPS) is 21.1. The Hall–Kier alpha value is -2.44. The van der Waals surface area contributed by atoms with Crippen LogP contribution in [0.4, 0.5) is 0 Å². The van der Waals surface area contributed by atoms with Crippen LogP contribution in [0.5, 0.6) is 5.88 Å². The first-order chi connectivity index (χ1) is 14.2. The molecule has 154 valence electrons. The molecule has 1 atom stereocenters. The molecule has 4 rings (SSSR count). The van der Waals surface area contributed by atoms with E-state index in [-0.39, 0.29) is 24.2 Å². The molecule has 1 unspecified atom stereocenters. The maximum Gasteiger partial charge on any atom is 0.248 e. The summed E-state index contributed by atoms with van der Waals surface area (Å²) in [5, 5.41) is 0. The van der Waals surface area contributed by atoms with Gasteiger partial charge in [0.05, 0.1) is 18.8 Å². The van der Waals surface area contributed by atoms with Gasteiger partial charge in [0.2, 0.25) is 11.8 Å². The Balaban J connectivity index is 1.23. The number of carbonyl (C=O) groups excluding carboxylic acids is 1. The Morgan fingerprint density at radius 1 is 1.14 bits per heavy atom. The van der Waals surface area contributed by atoms with Crippen LogP contribution in [-0.2, 0) is 20.9 Å². The van der Waals surface area contributed by atoms with E-state index in [9.17, 15) is 4.79 Å². The molecule has 6 heteroatoms. The number of likely N-dealkylation sites (tertiary alicyclic amines) is 1. The Morgan fingerprint density at radius 2 is 1.93 bits per heavy atom. The van der Waals surface area contributed by atoms with Crippen molar-refractivity contribution in [1.82, 2.24) is 9.88 Å². The second-order valence-electron chi connectivity index (χ2n) is 7.79. The quantitative estimate of drug-likeness (QED) is 0.750. The summed E-state index contributed by atoms with van der Waals surface area (Å²) in [6.07, 6.45) is 5.23.